The first-order valence-electron chi connectivity index (χ1n) is 7.95. The molecule has 4 nitrogen and oxygen atoms in total. The van der Waals surface area contributed by atoms with E-state index in [1.165, 1.54) is 0 Å². The zero-order valence-electron chi connectivity index (χ0n) is 14.5. The number of hydrogen-bond donors (Lipinski definition) is 1. The van der Waals surface area contributed by atoms with Gasteiger partial charge in [0.1, 0.15) is 0 Å². The highest BCUT2D eigenvalue weighted by atomic mass is 32.2. The number of sulfone groups is 1. The number of hydrogen-bond acceptors (Lipinski definition) is 4. The molecule has 1 rings (SSSR count). The third-order valence-corrected chi connectivity index (χ3v) is 6.29. The highest BCUT2D eigenvalue weighted by Crippen LogP contribution is 2.31. The summed E-state index contributed by atoms with van der Waals surface area (Å²) in [6, 6.07) is 0. The summed E-state index contributed by atoms with van der Waals surface area (Å²) >= 11 is 0. The van der Waals surface area contributed by atoms with Gasteiger partial charge in [0.15, 0.2) is 9.84 Å². The molecule has 1 saturated heterocycles. The minimum Gasteiger partial charge on any atom is -0.379 e. The van der Waals surface area contributed by atoms with Crippen molar-refractivity contribution in [2.75, 3.05) is 25.2 Å². The van der Waals surface area contributed by atoms with Crippen molar-refractivity contribution in [3.63, 3.8) is 0 Å². The second-order valence-electron chi connectivity index (χ2n) is 8.06. The molecule has 0 bridgehead atoms. The molecule has 0 spiro atoms. The van der Waals surface area contributed by atoms with Crippen LogP contribution in [0.1, 0.15) is 53.9 Å². The van der Waals surface area contributed by atoms with Crippen LogP contribution in [0, 0.1) is 11.8 Å². The molecule has 1 fully saturated rings. The zero-order valence-corrected chi connectivity index (χ0v) is 15.3. The summed E-state index contributed by atoms with van der Waals surface area (Å²) in [6.45, 7) is 11.5. The lowest BCUT2D eigenvalue weighted by Crippen LogP contribution is -2.41. The summed E-state index contributed by atoms with van der Waals surface area (Å²) in [4.78, 5) is 0. The van der Waals surface area contributed by atoms with Gasteiger partial charge in [0.05, 0.1) is 17.1 Å². The molecule has 0 aromatic carbocycles. The quantitative estimate of drug-likeness (QED) is 0.784. The monoisotopic (exact) mass is 319 g/mol. The van der Waals surface area contributed by atoms with Crippen LogP contribution in [0.4, 0.5) is 0 Å². The molecular weight excluding hydrogens is 286 g/mol. The van der Waals surface area contributed by atoms with E-state index in [1.54, 1.807) is 7.11 Å². The second-order valence-corrected chi connectivity index (χ2v) is 10.3. The van der Waals surface area contributed by atoms with Crippen molar-refractivity contribution < 1.29 is 13.2 Å². The van der Waals surface area contributed by atoms with Crippen molar-refractivity contribution in [2.24, 2.45) is 11.8 Å². The van der Waals surface area contributed by atoms with E-state index in [2.05, 4.69) is 39.9 Å². The summed E-state index contributed by atoms with van der Waals surface area (Å²) < 4.78 is 29.0. The van der Waals surface area contributed by atoms with Crippen LogP contribution in [0.3, 0.4) is 0 Å². The van der Waals surface area contributed by atoms with Crippen molar-refractivity contribution in [1.29, 1.82) is 0 Å². The lowest BCUT2D eigenvalue weighted by Gasteiger charge is -2.31. The Balaban J connectivity index is 2.66. The van der Waals surface area contributed by atoms with Gasteiger partial charge in [-0.05, 0) is 72.3 Å². The SMILES string of the molecule is COC(C)(C)CCC(CNC(C)(C)C)C1CCS(=O)(=O)C1. The van der Waals surface area contributed by atoms with Crippen LogP contribution in [0.15, 0.2) is 0 Å². The van der Waals surface area contributed by atoms with Gasteiger partial charge in [0.25, 0.3) is 0 Å². The lowest BCUT2D eigenvalue weighted by molar-refractivity contribution is 0.00840. The smallest absolute Gasteiger partial charge is 0.150 e. The minimum absolute atomic E-state index is 0.0620. The fourth-order valence-corrected chi connectivity index (χ4v) is 4.69. The average molecular weight is 320 g/mol. The Labute approximate surface area is 130 Å². The van der Waals surface area contributed by atoms with Gasteiger partial charge in [-0.2, -0.15) is 0 Å². The topological polar surface area (TPSA) is 55.4 Å². The molecule has 1 aliphatic rings. The number of methoxy groups -OCH3 is 1. The molecular formula is C16H33NO3S. The first-order chi connectivity index (χ1) is 9.44. The molecule has 1 heterocycles. The fraction of sp³-hybridized carbons (Fsp3) is 1.00. The third-order valence-electron chi connectivity index (χ3n) is 4.50. The molecule has 0 aromatic rings. The Morgan fingerprint density at radius 2 is 1.86 bits per heavy atom. The van der Waals surface area contributed by atoms with Crippen LogP contribution in [0.25, 0.3) is 0 Å². The van der Waals surface area contributed by atoms with Crippen molar-refractivity contribution in [3.8, 4) is 0 Å². The first-order valence-corrected chi connectivity index (χ1v) is 9.77. The van der Waals surface area contributed by atoms with E-state index < -0.39 is 9.84 Å². The van der Waals surface area contributed by atoms with Gasteiger partial charge < -0.3 is 10.1 Å². The molecule has 5 heteroatoms. The Bertz CT molecular complexity index is 423. The van der Waals surface area contributed by atoms with Crippen LogP contribution >= 0.6 is 0 Å². The van der Waals surface area contributed by atoms with E-state index >= 15 is 0 Å². The van der Waals surface area contributed by atoms with Crippen molar-refractivity contribution in [3.05, 3.63) is 0 Å². The maximum Gasteiger partial charge on any atom is 0.150 e. The summed E-state index contributed by atoms with van der Waals surface area (Å²) in [5, 5.41) is 3.54. The number of nitrogens with one attached hydrogen (secondary N) is 1. The highest BCUT2D eigenvalue weighted by Gasteiger charge is 2.34. The van der Waals surface area contributed by atoms with E-state index in [0.717, 1.165) is 25.8 Å². The standard InChI is InChI=1S/C16H33NO3S/c1-15(2,3)17-11-13(7-9-16(4,5)20-6)14-8-10-21(18,19)12-14/h13-14,17H,7-12H2,1-6H3. The molecule has 0 amide bonds. The van der Waals surface area contributed by atoms with E-state index in [1.807, 2.05) is 0 Å². The van der Waals surface area contributed by atoms with Gasteiger partial charge in [0.2, 0.25) is 0 Å². The molecule has 0 radical (unpaired) electrons. The van der Waals surface area contributed by atoms with Gasteiger partial charge >= 0.3 is 0 Å². The van der Waals surface area contributed by atoms with E-state index in [-0.39, 0.29) is 17.1 Å². The lowest BCUT2D eigenvalue weighted by atomic mass is 9.84. The van der Waals surface area contributed by atoms with Crippen molar-refractivity contribution in [1.82, 2.24) is 5.32 Å². The maximum absolute atomic E-state index is 11.8. The second kappa shape index (κ2) is 6.97. The van der Waals surface area contributed by atoms with Crippen LogP contribution in [-0.2, 0) is 14.6 Å². The van der Waals surface area contributed by atoms with Crippen LogP contribution in [0.2, 0.25) is 0 Å². The van der Waals surface area contributed by atoms with Gasteiger partial charge in [0, 0.05) is 12.6 Å². The molecule has 0 saturated carbocycles. The van der Waals surface area contributed by atoms with Crippen molar-refractivity contribution >= 4 is 9.84 Å². The average Bonchev–Trinajstić information content (AvgIpc) is 2.68. The van der Waals surface area contributed by atoms with Crippen LogP contribution in [-0.4, -0.2) is 44.7 Å². The van der Waals surface area contributed by atoms with E-state index in [4.69, 9.17) is 4.74 Å². The normalized spacial score (nSPS) is 24.2. The molecule has 0 aromatic heterocycles. The molecule has 126 valence electrons. The Hall–Kier alpha value is -0.130. The van der Waals surface area contributed by atoms with Gasteiger partial charge in [-0.15, -0.1) is 0 Å². The van der Waals surface area contributed by atoms with Gasteiger partial charge in [-0.25, -0.2) is 8.42 Å². The molecule has 1 N–H and O–H groups in total. The molecule has 2 atom stereocenters. The zero-order chi connectivity index (χ0) is 16.3. The highest BCUT2D eigenvalue weighted by molar-refractivity contribution is 7.91. The van der Waals surface area contributed by atoms with E-state index in [9.17, 15) is 8.42 Å². The largest absolute Gasteiger partial charge is 0.379 e. The van der Waals surface area contributed by atoms with Gasteiger partial charge in [-0.1, -0.05) is 0 Å². The Kier molecular flexibility index (Phi) is 6.28. The summed E-state index contributed by atoms with van der Waals surface area (Å²) in [5.74, 6) is 1.40. The predicted molar refractivity (Wildman–Crippen MR) is 88.3 cm³/mol. The fourth-order valence-electron chi connectivity index (χ4n) is 2.77. The Morgan fingerprint density at radius 1 is 1.24 bits per heavy atom. The first kappa shape index (κ1) is 18.9. The summed E-state index contributed by atoms with van der Waals surface area (Å²) in [7, 11) is -1.07. The number of rotatable bonds is 7. The van der Waals surface area contributed by atoms with Crippen molar-refractivity contribution in [2.45, 2.75) is 65.0 Å². The molecule has 1 aliphatic heterocycles. The number of ether oxygens (including phenoxy) is 1. The van der Waals surface area contributed by atoms with Crippen LogP contribution in [0.5, 0.6) is 0 Å². The predicted octanol–water partition coefficient (Wildman–Crippen LogP) is 2.63. The molecule has 0 aliphatic carbocycles. The maximum atomic E-state index is 11.8. The summed E-state index contributed by atoms with van der Waals surface area (Å²) in [5.41, 5.74) is -0.0794. The van der Waals surface area contributed by atoms with Gasteiger partial charge in [-0.3, -0.25) is 0 Å². The third kappa shape index (κ3) is 7.11. The molecule has 21 heavy (non-hydrogen) atoms. The minimum atomic E-state index is -2.81. The van der Waals surface area contributed by atoms with E-state index in [0.29, 0.717) is 17.4 Å². The summed E-state index contributed by atoms with van der Waals surface area (Å²) in [6.07, 6.45) is 2.77. The van der Waals surface area contributed by atoms with Crippen LogP contribution < -0.4 is 5.32 Å². The Morgan fingerprint density at radius 3 is 2.29 bits per heavy atom. The molecule has 2 unspecified atom stereocenters.